The van der Waals surface area contributed by atoms with E-state index in [-0.39, 0.29) is 5.91 Å². The van der Waals surface area contributed by atoms with Gasteiger partial charge in [0.25, 0.3) is 0 Å². The standard InChI is InChI=1S/C13H26N2O3/c1-17-10-8-14-11-13(16)15-7-4-9-18-12-5-2-3-6-12/h12,14H,2-11H2,1H3,(H,15,16). The predicted molar refractivity (Wildman–Crippen MR) is 70.6 cm³/mol. The average Bonchev–Trinajstić information content (AvgIpc) is 2.87. The van der Waals surface area contributed by atoms with E-state index in [1.54, 1.807) is 7.11 Å². The van der Waals surface area contributed by atoms with Gasteiger partial charge in [-0.3, -0.25) is 4.79 Å². The van der Waals surface area contributed by atoms with Gasteiger partial charge in [0.05, 0.1) is 19.3 Å². The Morgan fingerprint density at radius 2 is 2.00 bits per heavy atom. The van der Waals surface area contributed by atoms with Gasteiger partial charge in [0, 0.05) is 26.8 Å². The van der Waals surface area contributed by atoms with Gasteiger partial charge >= 0.3 is 0 Å². The van der Waals surface area contributed by atoms with Crippen molar-refractivity contribution < 1.29 is 14.3 Å². The van der Waals surface area contributed by atoms with Crippen molar-refractivity contribution in [1.29, 1.82) is 0 Å². The quantitative estimate of drug-likeness (QED) is 0.566. The molecule has 0 bridgehead atoms. The fraction of sp³-hybridized carbons (Fsp3) is 0.923. The van der Waals surface area contributed by atoms with E-state index in [1.807, 2.05) is 0 Å². The van der Waals surface area contributed by atoms with Crippen LogP contribution in [0.15, 0.2) is 0 Å². The Hall–Kier alpha value is -0.650. The summed E-state index contributed by atoms with van der Waals surface area (Å²) in [5.41, 5.74) is 0. The normalized spacial score (nSPS) is 16.1. The maximum atomic E-state index is 11.4. The highest BCUT2D eigenvalue weighted by Gasteiger charge is 2.14. The Kier molecular flexibility index (Phi) is 8.81. The lowest BCUT2D eigenvalue weighted by Crippen LogP contribution is -2.36. The van der Waals surface area contributed by atoms with Crippen LogP contribution in [-0.4, -0.2) is 52.0 Å². The number of ether oxygens (including phenoxy) is 2. The molecular formula is C13H26N2O3. The van der Waals surface area contributed by atoms with Gasteiger partial charge in [0.2, 0.25) is 5.91 Å². The fourth-order valence-corrected chi connectivity index (χ4v) is 2.04. The topological polar surface area (TPSA) is 59.6 Å². The summed E-state index contributed by atoms with van der Waals surface area (Å²) in [6, 6.07) is 0. The zero-order chi connectivity index (χ0) is 13.1. The molecule has 1 amide bonds. The summed E-state index contributed by atoms with van der Waals surface area (Å²) in [5.74, 6) is 0.0342. The first-order valence-corrected chi connectivity index (χ1v) is 6.91. The largest absolute Gasteiger partial charge is 0.383 e. The number of rotatable bonds is 10. The monoisotopic (exact) mass is 258 g/mol. The highest BCUT2D eigenvalue weighted by molar-refractivity contribution is 5.77. The predicted octanol–water partition coefficient (Wildman–Crippen LogP) is 0.688. The second-order valence-corrected chi connectivity index (χ2v) is 4.65. The van der Waals surface area contributed by atoms with Gasteiger partial charge in [-0.25, -0.2) is 0 Å². The molecular weight excluding hydrogens is 232 g/mol. The summed E-state index contributed by atoms with van der Waals surface area (Å²) in [4.78, 5) is 11.4. The Balaban J connectivity index is 1.82. The third-order valence-electron chi connectivity index (χ3n) is 3.07. The molecule has 0 aliphatic heterocycles. The van der Waals surface area contributed by atoms with Crippen molar-refractivity contribution in [3.05, 3.63) is 0 Å². The van der Waals surface area contributed by atoms with E-state index in [0.29, 0.717) is 32.3 Å². The number of carbonyl (C=O) groups is 1. The van der Waals surface area contributed by atoms with E-state index in [2.05, 4.69) is 10.6 Å². The van der Waals surface area contributed by atoms with Crippen molar-refractivity contribution in [2.45, 2.75) is 38.2 Å². The molecule has 0 radical (unpaired) electrons. The third-order valence-corrected chi connectivity index (χ3v) is 3.07. The molecule has 0 aromatic carbocycles. The van der Waals surface area contributed by atoms with E-state index in [9.17, 15) is 4.79 Å². The average molecular weight is 258 g/mol. The molecule has 2 N–H and O–H groups in total. The van der Waals surface area contributed by atoms with Gasteiger partial charge in [0.15, 0.2) is 0 Å². The number of carbonyl (C=O) groups excluding carboxylic acids is 1. The fourth-order valence-electron chi connectivity index (χ4n) is 2.04. The molecule has 5 nitrogen and oxygen atoms in total. The van der Waals surface area contributed by atoms with Gasteiger partial charge in [-0.05, 0) is 19.3 Å². The second kappa shape index (κ2) is 10.3. The van der Waals surface area contributed by atoms with E-state index in [0.717, 1.165) is 13.0 Å². The summed E-state index contributed by atoms with van der Waals surface area (Å²) in [6.45, 7) is 3.13. The van der Waals surface area contributed by atoms with Crippen LogP contribution >= 0.6 is 0 Å². The first-order chi connectivity index (χ1) is 8.83. The highest BCUT2D eigenvalue weighted by atomic mass is 16.5. The molecule has 18 heavy (non-hydrogen) atoms. The molecule has 1 aliphatic carbocycles. The van der Waals surface area contributed by atoms with Crippen LogP contribution in [0.3, 0.4) is 0 Å². The lowest BCUT2D eigenvalue weighted by atomic mass is 10.3. The van der Waals surface area contributed by atoms with Crippen LogP contribution in [0.4, 0.5) is 0 Å². The molecule has 1 aliphatic rings. The van der Waals surface area contributed by atoms with E-state index < -0.39 is 0 Å². The van der Waals surface area contributed by atoms with E-state index in [1.165, 1.54) is 25.7 Å². The van der Waals surface area contributed by atoms with Crippen molar-refractivity contribution in [1.82, 2.24) is 10.6 Å². The Labute approximate surface area is 110 Å². The molecule has 0 aromatic rings. The lowest BCUT2D eigenvalue weighted by Gasteiger charge is -2.11. The number of hydrogen-bond acceptors (Lipinski definition) is 4. The van der Waals surface area contributed by atoms with Crippen molar-refractivity contribution in [3.8, 4) is 0 Å². The Bertz CT molecular complexity index is 218. The molecule has 0 spiro atoms. The minimum Gasteiger partial charge on any atom is -0.383 e. The van der Waals surface area contributed by atoms with Crippen LogP contribution < -0.4 is 10.6 Å². The zero-order valence-electron chi connectivity index (χ0n) is 11.4. The zero-order valence-corrected chi connectivity index (χ0v) is 11.4. The van der Waals surface area contributed by atoms with Crippen LogP contribution in [0.1, 0.15) is 32.1 Å². The SMILES string of the molecule is COCCNCC(=O)NCCCOC1CCCC1. The highest BCUT2D eigenvalue weighted by Crippen LogP contribution is 2.20. The summed E-state index contributed by atoms with van der Waals surface area (Å²) >= 11 is 0. The lowest BCUT2D eigenvalue weighted by molar-refractivity contribution is -0.120. The first kappa shape index (κ1) is 15.4. The van der Waals surface area contributed by atoms with Crippen molar-refractivity contribution in [3.63, 3.8) is 0 Å². The van der Waals surface area contributed by atoms with Crippen LogP contribution in [0.5, 0.6) is 0 Å². The first-order valence-electron chi connectivity index (χ1n) is 6.91. The van der Waals surface area contributed by atoms with Gasteiger partial charge in [-0.1, -0.05) is 12.8 Å². The molecule has 0 unspecified atom stereocenters. The van der Waals surface area contributed by atoms with Crippen LogP contribution in [-0.2, 0) is 14.3 Å². The minimum absolute atomic E-state index is 0.0342. The van der Waals surface area contributed by atoms with Crippen LogP contribution in [0.2, 0.25) is 0 Å². The van der Waals surface area contributed by atoms with E-state index in [4.69, 9.17) is 9.47 Å². The Morgan fingerprint density at radius 3 is 2.72 bits per heavy atom. The van der Waals surface area contributed by atoms with Gasteiger partial charge in [-0.2, -0.15) is 0 Å². The maximum Gasteiger partial charge on any atom is 0.233 e. The van der Waals surface area contributed by atoms with Crippen molar-refractivity contribution in [2.24, 2.45) is 0 Å². The molecule has 1 saturated carbocycles. The third kappa shape index (κ3) is 7.63. The molecule has 0 saturated heterocycles. The number of nitrogens with one attached hydrogen (secondary N) is 2. The van der Waals surface area contributed by atoms with Gasteiger partial charge in [-0.15, -0.1) is 0 Å². The molecule has 0 heterocycles. The molecule has 1 rings (SSSR count). The van der Waals surface area contributed by atoms with Crippen LogP contribution in [0.25, 0.3) is 0 Å². The number of hydrogen-bond donors (Lipinski definition) is 2. The summed E-state index contributed by atoms with van der Waals surface area (Å²) in [5, 5.41) is 5.87. The molecule has 1 fully saturated rings. The smallest absolute Gasteiger partial charge is 0.233 e. The summed E-state index contributed by atoms with van der Waals surface area (Å²) in [7, 11) is 1.64. The van der Waals surface area contributed by atoms with Gasteiger partial charge < -0.3 is 20.1 Å². The molecule has 0 atom stereocenters. The summed E-state index contributed by atoms with van der Waals surface area (Å²) in [6.07, 6.45) is 6.37. The number of methoxy groups -OCH3 is 1. The minimum atomic E-state index is 0.0342. The van der Waals surface area contributed by atoms with Crippen molar-refractivity contribution >= 4 is 5.91 Å². The Morgan fingerprint density at radius 1 is 1.22 bits per heavy atom. The molecule has 5 heteroatoms. The van der Waals surface area contributed by atoms with Crippen molar-refractivity contribution in [2.75, 3.05) is 40.0 Å². The summed E-state index contributed by atoms with van der Waals surface area (Å²) < 4.78 is 10.6. The molecule has 0 aromatic heterocycles. The number of amides is 1. The maximum absolute atomic E-state index is 11.4. The molecule has 106 valence electrons. The van der Waals surface area contributed by atoms with Gasteiger partial charge in [0.1, 0.15) is 0 Å². The second-order valence-electron chi connectivity index (χ2n) is 4.65. The van der Waals surface area contributed by atoms with E-state index >= 15 is 0 Å². The van der Waals surface area contributed by atoms with Crippen LogP contribution in [0, 0.1) is 0 Å².